The predicted octanol–water partition coefficient (Wildman–Crippen LogP) is 2.16. The normalized spacial score (nSPS) is 11.3. The van der Waals surface area contributed by atoms with Crippen LogP contribution in [0.15, 0.2) is 53.7 Å². The second kappa shape index (κ2) is 8.84. The van der Waals surface area contributed by atoms with E-state index in [4.69, 9.17) is 4.74 Å². The molecule has 2 N–H and O–H groups in total. The summed E-state index contributed by atoms with van der Waals surface area (Å²) < 4.78 is 5.39. The van der Waals surface area contributed by atoms with Gasteiger partial charge in [-0.2, -0.15) is 0 Å². The third-order valence-electron chi connectivity index (χ3n) is 3.21. The van der Waals surface area contributed by atoms with Crippen LogP contribution >= 0.6 is 11.8 Å². The van der Waals surface area contributed by atoms with Gasteiger partial charge in [-0.3, -0.25) is 10.1 Å². The number of rotatable bonds is 5. The predicted molar refractivity (Wildman–Crippen MR) is 93.2 cm³/mol. The maximum absolute atomic E-state index is 12.5. The number of nitrogens with zero attached hydrogens (tertiary/aromatic N) is 1. The number of hydrogen-bond acceptors (Lipinski definition) is 6. The minimum absolute atomic E-state index is 0.253. The van der Waals surface area contributed by atoms with E-state index < -0.39 is 24.0 Å². The Morgan fingerprint density at radius 3 is 2.48 bits per heavy atom. The summed E-state index contributed by atoms with van der Waals surface area (Å²) in [6.45, 7) is 0. The second-order valence-corrected chi connectivity index (χ2v) is 5.62. The van der Waals surface area contributed by atoms with Crippen LogP contribution in [0.1, 0.15) is 22.0 Å². The molecule has 8 heteroatoms. The molecule has 1 heterocycles. The van der Waals surface area contributed by atoms with Crippen molar-refractivity contribution in [2.45, 2.75) is 11.1 Å². The number of carbonyl (C=O) groups excluding carboxylic acids is 3. The number of urea groups is 1. The van der Waals surface area contributed by atoms with Crippen molar-refractivity contribution in [1.82, 2.24) is 15.6 Å². The van der Waals surface area contributed by atoms with Crippen molar-refractivity contribution in [2.24, 2.45) is 0 Å². The highest BCUT2D eigenvalue weighted by Crippen LogP contribution is 2.23. The molecule has 130 valence electrons. The highest BCUT2D eigenvalue weighted by atomic mass is 32.2. The Hall–Kier alpha value is -2.87. The van der Waals surface area contributed by atoms with E-state index in [-0.39, 0.29) is 5.56 Å². The van der Waals surface area contributed by atoms with Crippen LogP contribution in [-0.4, -0.2) is 36.2 Å². The van der Waals surface area contributed by atoms with E-state index in [9.17, 15) is 14.4 Å². The lowest BCUT2D eigenvalue weighted by Gasteiger charge is -2.18. The summed E-state index contributed by atoms with van der Waals surface area (Å²) in [6, 6.07) is 11.0. The van der Waals surface area contributed by atoms with Crippen molar-refractivity contribution in [2.75, 3.05) is 13.3 Å². The van der Waals surface area contributed by atoms with Crippen LogP contribution in [-0.2, 0) is 9.53 Å². The van der Waals surface area contributed by atoms with Gasteiger partial charge in [0.05, 0.1) is 5.56 Å². The van der Waals surface area contributed by atoms with Gasteiger partial charge >= 0.3 is 12.0 Å². The van der Waals surface area contributed by atoms with Crippen LogP contribution in [0.3, 0.4) is 0 Å². The summed E-state index contributed by atoms with van der Waals surface area (Å²) in [5.41, 5.74) is 0.704. The Morgan fingerprint density at radius 1 is 1.12 bits per heavy atom. The van der Waals surface area contributed by atoms with Crippen molar-refractivity contribution in [3.8, 4) is 0 Å². The van der Waals surface area contributed by atoms with E-state index in [1.807, 2.05) is 0 Å². The average Bonchev–Trinajstić information content (AvgIpc) is 2.66. The number of carbonyl (C=O) groups is 3. The summed E-state index contributed by atoms with van der Waals surface area (Å²) in [7, 11) is 1.38. The van der Waals surface area contributed by atoms with Gasteiger partial charge < -0.3 is 10.1 Å². The number of imide groups is 1. The van der Waals surface area contributed by atoms with Gasteiger partial charge in [-0.15, -0.1) is 11.8 Å². The Labute approximate surface area is 149 Å². The molecule has 0 saturated heterocycles. The Balaban J connectivity index is 2.28. The topological polar surface area (TPSA) is 97.4 Å². The minimum atomic E-state index is -1.26. The van der Waals surface area contributed by atoms with Crippen LogP contribution in [0, 0.1) is 0 Å². The number of aromatic nitrogens is 1. The van der Waals surface area contributed by atoms with Gasteiger partial charge in [-0.05, 0) is 18.4 Å². The summed E-state index contributed by atoms with van der Waals surface area (Å²) in [6.07, 6.45) is 2.09. The molecule has 1 aromatic heterocycles. The molecule has 0 unspecified atom stereocenters. The van der Waals surface area contributed by atoms with Crippen LogP contribution in [0.4, 0.5) is 4.79 Å². The van der Waals surface area contributed by atoms with E-state index >= 15 is 0 Å². The van der Waals surface area contributed by atoms with Gasteiger partial charge in [0.2, 0.25) is 6.10 Å². The first-order chi connectivity index (χ1) is 12.1. The Morgan fingerprint density at radius 2 is 1.84 bits per heavy atom. The first-order valence-corrected chi connectivity index (χ1v) is 8.56. The molecule has 0 aliphatic rings. The number of thioether (sulfide) groups is 1. The molecular formula is C17H17N3O4S. The average molecular weight is 359 g/mol. The Kier molecular flexibility index (Phi) is 6.53. The molecule has 1 atom stereocenters. The van der Waals surface area contributed by atoms with E-state index in [1.165, 1.54) is 18.8 Å². The molecule has 0 aliphatic carbocycles. The molecule has 25 heavy (non-hydrogen) atoms. The number of hydrogen-bond donors (Lipinski definition) is 2. The van der Waals surface area contributed by atoms with Crippen molar-refractivity contribution in [3.63, 3.8) is 0 Å². The number of amides is 3. The maximum atomic E-state index is 12.5. The van der Waals surface area contributed by atoms with E-state index in [1.54, 1.807) is 54.9 Å². The largest absolute Gasteiger partial charge is 0.444 e. The minimum Gasteiger partial charge on any atom is -0.444 e. The third kappa shape index (κ3) is 4.80. The number of esters is 1. The van der Waals surface area contributed by atoms with Gasteiger partial charge in [0, 0.05) is 18.8 Å². The van der Waals surface area contributed by atoms with Crippen molar-refractivity contribution in [1.29, 1.82) is 0 Å². The highest BCUT2D eigenvalue weighted by Gasteiger charge is 2.27. The van der Waals surface area contributed by atoms with Gasteiger partial charge in [-0.25, -0.2) is 14.6 Å². The molecule has 2 aromatic rings. The number of nitrogens with one attached hydrogen (secondary N) is 2. The first-order valence-electron chi connectivity index (χ1n) is 7.34. The summed E-state index contributed by atoms with van der Waals surface area (Å²) in [5.74, 6) is -1.44. The molecule has 3 amide bonds. The molecule has 0 radical (unpaired) electrons. The van der Waals surface area contributed by atoms with E-state index in [0.717, 1.165) is 0 Å². The molecule has 0 aliphatic heterocycles. The molecule has 1 aromatic carbocycles. The molecule has 0 bridgehead atoms. The maximum Gasteiger partial charge on any atom is 0.342 e. The highest BCUT2D eigenvalue weighted by molar-refractivity contribution is 7.98. The van der Waals surface area contributed by atoms with E-state index in [0.29, 0.717) is 10.6 Å². The zero-order valence-electron chi connectivity index (χ0n) is 13.7. The SMILES string of the molecule is CNC(=O)NC(=O)[C@@H](OC(=O)c1cccnc1SC)c1ccccc1. The standard InChI is InChI=1S/C17H17N3O4S/c1-18-17(23)20-14(21)13(11-7-4-3-5-8-11)24-16(22)12-9-6-10-19-15(12)25-2/h3-10,13H,1-2H3,(H2,18,20,21,23)/t13-/m0/s1. The van der Waals surface area contributed by atoms with Gasteiger partial charge in [0.25, 0.3) is 5.91 Å². The van der Waals surface area contributed by atoms with E-state index in [2.05, 4.69) is 15.6 Å². The van der Waals surface area contributed by atoms with Crippen LogP contribution in [0.5, 0.6) is 0 Å². The van der Waals surface area contributed by atoms with Crippen molar-refractivity contribution in [3.05, 3.63) is 59.8 Å². The van der Waals surface area contributed by atoms with Crippen LogP contribution in [0.2, 0.25) is 0 Å². The molecule has 0 spiro atoms. The number of ether oxygens (including phenoxy) is 1. The van der Waals surface area contributed by atoms with Gasteiger partial charge in [-0.1, -0.05) is 30.3 Å². The summed E-state index contributed by atoms with van der Waals surface area (Å²) in [5, 5.41) is 4.90. The Bertz CT molecular complexity index is 767. The van der Waals surface area contributed by atoms with Crippen LogP contribution in [0.25, 0.3) is 0 Å². The summed E-state index contributed by atoms with van der Waals surface area (Å²) >= 11 is 1.29. The zero-order valence-corrected chi connectivity index (χ0v) is 14.5. The molecule has 0 saturated carbocycles. The second-order valence-electron chi connectivity index (χ2n) is 4.82. The molecule has 2 rings (SSSR count). The molecule has 7 nitrogen and oxygen atoms in total. The van der Waals surface area contributed by atoms with Gasteiger partial charge in [0.1, 0.15) is 5.03 Å². The van der Waals surface area contributed by atoms with Crippen molar-refractivity contribution >= 4 is 29.7 Å². The van der Waals surface area contributed by atoms with Crippen molar-refractivity contribution < 1.29 is 19.1 Å². The monoisotopic (exact) mass is 359 g/mol. The first kappa shape index (κ1) is 18.5. The zero-order chi connectivity index (χ0) is 18.2. The quantitative estimate of drug-likeness (QED) is 0.627. The lowest BCUT2D eigenvalue weighted by Crippen LogP contribution is -2.41. The fraction of sp³-hybridized carbons (Fsp3) is 0.176. The summed E-state index contributed by atoms with van der Waals surface area (Å²) in [4.78, 5) is 40.4. The smallest absolute Gasteiger partial charge is 0.342 e. The number of benzene rings is 1. The lowest BCUT2D eigenvalue weighted by atomic mass is 10.1. The molecule has 0 fully saturated rings. The van der Waals surface area contributed by atoms with Crippen LogP contribution < -0.4 is 10.6 Å². The molecular weight excluding hydrogens is 342 g/mol. The fourth-order valence-electron chi connectivity index (χ4n) is 2.02. The third-order valence-corrected chi connectivity index (χ3v) is 3.93. The fourth-order valence-corrected chi connectivity index (χ4v) is 2.56. The van der Waals surface area contributed by atoms with Gasteiger partial charge in [0.15, 0.2) is 0 Å². The lowest BCUT2D eigenvalue weighted by molar-refractivity contribution is -0.129. The number of pyridine rings is 1.